The molecule has 3 aromatic rings. The van der Waals surface area contributed by atoms with Crippen LogP contribution in [0.25, 0.3) is 21.5 Å². The van der Waals surface area contributed by atoms with Gasteiger partial charge in [0, 0.05) is 6.42 Å². The number of unbranched alkanes of at least 4 members (excludes halogenated alkanes) is 2. The maximum atomic E-state index is 3.27. The van der Waals surface area contributed by atoms with Crippen LogP contribution in [0.3, 0.4) is 0 Å². The van der Waals surface area contributed by atoms with Crippen molar-refractivity contribution in [3.63, 3.8) is 0 Å². The fraction of sp³-hybridized carbons (Fsp3) is 0.222. The molecule has 0 radical (unpaired) electrons. The Balaban J connectivity index is -0.000000274. The molecule has 1 aliphatic carbocycles. The summed E-state index contributed by atoms with van der Waals surface area (Å²) >= 11 is 0. The van der Waals surface area contributed by atoms with Gasteiger partial charge in [-0.2, -0.15) is 6.08 Å². The van der Waals surface area contributed by atoms with E-state index in [4.69, 9.17) is 0 Å². The van der Waals surface area contributed by atoms with Crippen LogP contribution >= 0.6 is 0 Å². The first kappa shape index (κ1) is 36.2. The molecule has 0 nitrogen and oxygen atoms in total. The summed E-state index contributed by atoms with van der Waals surface area (Å²) in [6.07, 6.45) is 13.4. The van der Waals surface area contributed by atoms with Crippen LogP contribution in [0, 0.1) is 32.8 Å². The summed E-state index contributed by atoms with van der Waals surface area (Å²) in [7, 11) is 0. The summed E-state index contributed by atoms with van der Waals surface area (Å²) in [4.78, 5) is 0. The molecule has 30 heavy (non-hydrogen) atoms. The molecule has 3 heteroatoms. The molecular weight excluding hydrogens is 486 g/mol. The fourth-order valence-electron chi connectivity index (χ4n) is 2.81. The minimum Gasteiger partial charge on any atom is -1.00 e. The van der Waals surface area contributed by atoms with Gasteiger partial charge in [-0.15, -0.1) is 46.2 Å². The normalized spacial score (nSPS) is 9.63. The van der Waals surface area contributed by atoms with Crippen molar-refractivity contribution in [1.29, 1.82) is 0 Å². The van der Waals surface area contributed by atoms with Crippen molar-refractivity contribution in [3.8, 4) is 11.8 Å². The number of hydrogen-bond donors (Lipinski definition) is 0. The zero-order valence-electron chi connectivity index (χ0n) is 17.4. The molecule has 0 saturated heterocycles. The molecule has 0 aliphatic heterocycles. The molecule has 162 valence electrons. The van der Waals surface area contributed by atoms with Gasteiger partial charge < -0.3 is 39.7 Å². The van der Waals surface area contributed by atoms with E-state index in [2.05, 4.69) is 79.4 Å². The minimum atomic E-state index is 0. The Labute approximate surface area is 216 Å². The largest absolute Gasteiger partial charge is 2.00 e. The van der Waals surface area contributed by atoms with E-state index in [1.807, 2.05) is 12.2 Å². The molecule has 0 fully saturated rings. The SMILES string of the molecule is C.CCCCC#Cc1ccc2c(c1)[cH-]c1ccccc12.[C-]1=CC=CC1.[CH3-].[CH3-].[Cl-].[Cl-].[Zr+2]. The average molecular weight is 519 g/mol. The molecule has 0 aromatic heterocycles. The standard InChI is InChI=1S/C19H17.C5H5.CH4.2CH3.2ClH.Zr/c1-2-3-4-5-8-15-11-12-19-17(13-15)14-16-9-6-7-10-18(16)19;1-2-4-5-3-1;;;;;;/h6-7,9-14H,2-4H2,1H3;1-3H,4H2;1H4;2*1H3;2*1H;/q2*-1;;2*-1;;;+2/p-2. The molecule has 0 saturated carbocycles. The predicted octanol–water partition coefficient (Wildman–Crippen LogP) is 2.10. The quantitative estimate of drug-likeness (QED) is 0.277. The molecule has 0 spiro atoms. The third-order valence-corrected chi connectivity index (χ3v) is 4.09. The van der Waals surface area contributed by atoms with E-state index >= 15 is 0 Å². The summed E-state index contributed by atoms with van der Waals surface area (Å²) in [5.74, 6) is 6.52. The van der Waals surface area contributed by atoms with Gasteiger partial charge in [-0.25, -0.2) is 12.2 Å². The van der Waals surface area contributed by atoms with E-state index in [0.717, 1.165) is 18.4 Å². The zero-order chi connectivity index (χ0) is 16.6. The smallest absolute Gasteiger partial charge is 1.00 e. The molecule has 0 bridgehead atoms. The number of allylic oxidation sites excluding steroid dienone is 4. The van der Waals surface area contributed by atoms with Gasteiger partial charge in [-0.3, -0.25) is 6.08 Å². The van der Waals surface area contributed by atoms with Crippen LogP contribution < -0.4 is 24.8 Å². The second-order valence-corrected chi connectivity index (χ2v) is 5.94. The maximum Gasteiger partial charge on any atom is 2.00 e. The summed E-state index contributed by atoms with van der Waals surface area (Å²) in [5, 5.41) is 5.27. The van der Waals surface area contributed by atoms with E-state index in [-0.39, 0.29) is 73.3 Å². The second kappa shape index (κ2) is 19.8. The second-order valence-electron chi connectivity index (χ2n) is 5.94. The van der Waals surface area contributed by atoms with Gasteiger partial charge >= 0.3 is 26.2 Å². The summed E-state index contributed by atoms with van der Waals surface area (Å²) in [6, 6.07) is 17.3. The number of halogens is 2. The molecule has 0 atom stereocenters. The first-order chi connectivity index (χ1) is 11.9. The minimum absolute atomic E-state index is 0. The van der Waals surface area contributed by atoms with Crippen molar-refractivity contribution < 1.29 is 51.0 Å². The van der Waals surface area contributed by atoms with Crippen molar-refractivity contribution >= 4 is 21.5 Å². The third-order valence-electron chi connectivity index (χ3n) is 4.09. The van der Waals surface area contributed by atoms with Crippen molar-refractivity contribution in [2.75, 3.05) is 0 Å². The van der Waals surface area contributed by atoms with Crippen molar-refractivity contribution in [2.45, 2.75) is 40.0 Å². The van der Waals surface area contributed by atoms with Crippen LogP contribution in [-0.4, -0.2) is 0 Å². The summed E-state index contributed by atoms with van der Waals surface area (Å²) in [5.41, 5.74) is 1.12. The van der Waals surface area contributed by atoms with Crippen LogP contribution in [0.2, 0.25) is 0 Å². The Bertz CT molecular complexity index is 930. The topological polar surface area (TPSA) is 0 Å². The van der Waals surface area contributed by atoms with Crippen LogP contribution in [0.4, 0.5) is 0 Å². The Hall–Kier alpha value is -1.19. The molecule has 0 N–H and O–H groups in total. The van der Waals surface area contributed by atoms with Gasteiger partial charge in [-0.05, 0) is 12.0 Å². The van der Waals surface area contributed by atoms with E-state index in [9.17, 15) is 0 Å². The first-order valence-corrected chi connectivity index (χ1v) is 8.67. The summed E-state index contributed by atoms with van der Waals surface area (Å²) in [6.45, 7) is 2.20. The van der Waals surface area contributed by atoms with Crippen LogP contribution in [0.5, 0.6) is 0 Å². The van der Waals surface area contributed by atoms with Gasteiger partial charge in [-0.1, -0.05) is 62.9 Å². The monoisotopic (exact) mass is 516 g/mol. The van der Waals surface area contributed by atoms with Crippen molar-refractivity contribution in [1.82, 2.24) is 0 Å². The van der Waals surface area contributed by atoms with Gasteiger partial charge in [0.2, 0.25) is 0 Å². The van der Waals surface area contributed by atoms with Crippen LogP contribution in [-0.2, 0) is 26.2 Å². The molecule has 0 heterocycles. The van der Waals surface area contributed by atoms with Crippen LogP contribution in [0.1, 0.15) is 45.6 Å². The van der Waals surface area contributed by atoms with Gasteiger partial charge in [0.15, 0.2) is 0 Å². The zero-order valence-corrected chi connectivity index (χ0v) is 21.4. The number of benzene rings is 2. The Morgan fingerprint density at radius 1 is 1.00 bits per heavy atom. The molecule has 4 rings (SSSR count). The number of fused-ring (bicyclic) bond motifs is 3. The van der Waals surface area contributed by atoms with Gasteiger partial charge in [0.1, 0.15) is 0 Å². The van der Waals surface area contributed by atoms with E-state index in [1.165, 1.54) is 34.4 Å². The first-order valence-electron chi connectivity index (χ1n) is 8.67. The molecule has 3 aromatic carbocycles. The molecular formula is C27H32Cl2Zr-4. The Kier molecular flexibility index (Phi) is 23.8. The van der Waals surface area contributed by atoms with E-state index in [1.54, 1.807) is 0 Å². The number of hydrogen-bond acceptors (Lipinski definition) is 0. The third kappa shape index (κ3) is 10.2. The van der Waals surface area contributed by atoms with Crippen molar-refractivity contribution in [3.05, 3.63) is 93.3 Å². The molecule has 0 amide bonds. The van der Waals surface area contributed by atoms with Crippen molar-refractivity contribution in [2.24, 2.45) is 0 Å². The van der Waals surface area contributed by atoms with E-state index in [0.29, 0.717) is 0 Å². The molecule has 0 unspecified atom stereocenters. The Morgan fingerprint density at radius 3 is 2.30 bits per heavy atom. The Morgan fingerprint density at radius 2 is 1.70 bits per heavy atom. The predicted molar refractivity (Wildman–Crippen MR) is 125 cm³/mol. The van der Waals surface area contributed by atoms with Crippen LogP contribution in [0.15, 0.2) is 66.8 Å². The maximum absolute atomic E-state index is 3.27. The van der Waals surface area contributed by atoms with Gasteiger partial charge in [0.25, 0.3) is 0 Å². The average Bonchev–Trinajstić information content (AvgIpc) is 3.29. The fourth-order valence-corrected chi connectivity index (χ4v) is 2.81. The van der Waals surface area contributed by atoms with E-state index < -0.39 is 0 Å². The molecule has 1 aliphatic rings. The summed E-state index contributed by atoms with van der Waals surface area (Å²) < 4.78 is 0. The van der Waals surface area contributed by atoms with Gasteiger partial charge in [0.05, 0.1) is 0 Å². The number of rotatable bonds is 2.